The Bertz CT molecular complexity index is 749. The normalized spacial score (nSPS) is 22.7. The van der Waals surface area contributed by atoms with Gasteiger partial charge in [-0.15, -0.1) is 0 Å². The third-order valence-electron chi connectivity index (χ3n) is 6.42. The Balaban J connectivity index is 2.17. The van der Waals surface area contributed by atoms with E-state index in [1.54, 1.807) is 20.8 Å². The molecule has 194 valence electrons. The molecular formula is C25H45N5O4. The minimum absolute atomic E-state index is 0.0344. The smallest absolute Gasteiger partial charge is 0.408 e. The standard InChI is InChI=1S/C25H45N5O4/c1-24(2,3)13-18(29-23(33)34-25(4,5)6)22(32)30-15-17(20(26)27)12-19(30)21(31)28-14-16-10-8-7-9-11-16/h16-19H,7-15H2,1-6H3,(H3,26,27)(H,28,31)(H,29,33)/t17-,18-,19+/m1/s1. The second-order valence-electron chi connectivity index (χ2n) is 12.1. The van der Waals surface area contributed by atoms with Gasteiger partial charge in [0.2, 0.25) is 11.8 Å². The van der Waals surface area contributed by atoms with E-state index >= 15 is 0 Å². The number of nitrogens with two attached hydrogens (primary N) is 1. The molecule has 1 saturated carbocycles. The number of nitrogens with zero attached hydrogens (tertiary/aromatic N) is 1. The van der Waals surface area contributed by atoms with Crippen molar-refractivity contribution in [2.45, 2.75) is 104 Å². The number of rotatable bonds is 7. The maximum atomic E-state index is 13.7. The molecule has 0 radical (unpaired) electrons. The molecule has 0 aromatic rings. The second kappa shape index (κ2) is 11.4. The summed E-state index contributed by atoms with van der Waals surface area (Å²) in [6, 6.07) is -1.57. The summed E-state index contributed by atoms with van der Waals surface area (Å²) >= 11 is 0. The van der Waals surface area contributed by atoms with Crippen molar-refractivity contribution >= 4 is 23.7 Å². The number of amidine groups is 1. The minimum atomic E-state index is -0.853. The van der Waals surface area contributed by atoms with Crippen LogP contribution in [0, 0.1) is 22.7 Å². The van der Waals surface area contributed by atoms with Gasteiger partial charge in [-0.3, -0.25) is 15.0 Å². The monoisotopic (exact) mass is 479 g/mol. The zero-order valence-electron chi connectivity index (χ0n) is 21.8. The Morgan fingerprint density at radius 3 is 2.24 bits per heavy atom. The van der Waals surface area contributed by atoms with E-state index in [-0.39, 0.29) is 35.5 Å². The Morgan fingerprint density at radius 1 is 1.09 bits per heavy atom. The van der Waals surface area contributed by atoms with Crippen molar-refractivity contribution in [3.05, 3.63) is 0 Å². The molecule has 3 amide bonds. The zero-order chi connectivity index (χ0) is 25.7. The molecule has 2 rings (SSSR count). The van der Waals surface area contributed by atoms with Gasteiger partial charge < -0.3 is 26.0 Å². The van der Waals surface area contributed by atoms with E-state index in [0.29, 0.717) is 25.3 Å². The molecule has 2 aliphatic rings. The zero-order valence-corrected chi connectivity index (χ0v) is 21.8. The molecule has 2 fully saturated rings. The van der Waals surface area contributed by atoms with Crippen LogP contribution in [0.3, 0.4) is 0 Å². The summed E-state index contributed by atoms with van der Waals surface area (Å²) in [6.07, 6.45) is 5.85. The predicted octanol–water partition coefficient (Wildman–Crippen LogP) is 3.17. The Hall–Kier alpha value is -2.32. The first-order valence-corrected chi connectivity index (χ1v) is 12.6. The topological polar surface area (TPSA) is 138 Å². The molecule has 9 heteroatoms. The fourth-order valence-electron chi connectivity index (χ4n) is 4.77. The molecule has 3 atom stereocenters. The molecule has 0 unspecified atom stereocenters. The summed E-state index contributed by atoms with van der Waals surface area (Å²) in [5.41, 5.74) is 4.81. The summed E-state index contributed by atoms with van der Waals surface area (Å²) in [6.45, 7) is 12.0. The molecule has 0 aromatic carbocycles. The molecule has 0 aromatic heterocycles. The van der Waals surface area contributed by atoms with E-state index < -0.39 is 23.8 Å². The molecular weight excluding hydrogens is 434 g/mol. The average Bonchev–Trinajstić information content (AvgIpc) is 3.15. The van der Waals surface area contributed by atoms with E-state index in [2.05, 4.69) is 10.6 Å². The highest BCUT2D eigenvalue weighted by atomic mass is 16.6. The second-order valence-corrected chi connectivity index (χ2v) is 12.1. The van der Waals surface area contributed by atoms with E-state index in [9.17, 15) is 14.4 Å². The molecule has 34 heavy (non-hydrogen) atoms. The maximum absolute atomic E-state index is 13.7. The van der Waals surface area contributed by atoms with Crippen molar-refractivity contribution in [2.75, 3.05) is 13.1 Å². The number of amides is 3. The molecule has 0 bridgehead atoms. The quantitative estimate of drug-likeness (QED) is 0.328. The lowest BCUT2D eigenvalue weighted by Crippen LogP contribution is -2.55. The Morgan fingerprint density at radius 2 is 1.71 bits per heavy atom. The first-order chi connectivity index (χ1) is 15.7. The van der Waals surface area contributed by atoms with Crippen LogP contribution in [0.1, 0.15) is 86.5 Å². The Labute approximate surface area is 204 Å². The van der Waals surface area contributed by atoms with Crippen LogP contribution >= 0.6 is 0 Å². The van der Waals surface area contributed by atoms with Crippen LogP contribution in [0.5, 0.6) is 0 Å². The van der Waals surface area contributed by atoms with Gasteiger partial charge in [-0.25, -0.2) is 4.79 Å². The van der Waals surface area contributed by atoms with Gasteiger partial charge in [-0.05, 0) is 57.8 Å². The number of hydrogen-bond donors (Lipinski definition) is 4. The Kier molecular flexibility index (Phi) is 9.37. The fourth-order valence-corrected chi connectivity index (χ4v) is 4.77. The van der Waals surface area contributed by atoms with Crippen molar-refractivity contribution in [2.24, 2.45) is 23.0 Å². The van der Waals surface area contributed by atoms with E-state index in [1.165, 1.54) is 24.2 Å². The number of ether oxygens (including phenoxy) is 1. The predicted molar refractivity (Wildman–Crippen MR) is 132 cm³/mol. The van der Waals surface area contributed by atoms with Crippen LogP contribution in [0.15, 0.2) is 0 Å². The number of likely N-dealkylation sites (tertiary alicyclic amines) is 1. The summed E-state index contributed by atoms with van der Waals surface area (Å²) in [5.74, 6) is -0.509. The fraction of sp³-hybridized carbons (Fsp3) is 0.840. The molecule has 1 aliphatic carbocycles. The van der Waals surface area contributed by atoms with Crippen LogP contribution in [0.25, 0.3) is 0 Å². The molecule has 1 aliphatic heterocycles. The minimum Gasteiger partial charge on any atom is -0.444 e. The highest BCUT2D eigenvalue weighted by Crippen LogP contribution is 2.28. The van der Waals surface area contributed by atoms with Crippen LogP contribution in [-0.4, -0.2) is 59.4 Å². The van der Waals surface area contributed by atoms with Gasteiger partial charge in [-0.1, -0.05) is 40.0 Å². The number of nitrogens with one attached hydrogen (secondary N) is 3. The lowest BCUT2D eigenvalue weighted by atomic mass is 9.87. The van der Waals surface area contributed by atoms with E-state index in [4.69, 9.17) is 15.9 Å². The summed E-state index contributed by atoms with van der Waals surface area (Å²) < 4.78 is 5.38. The molecule has 9 nitrogen and oxygen atoms in total. The van der Waals surface area contributed by atoms with E-state index in [1.807, 2.05) is 20.8 Å². The van der Waals surface area contributed by atoms with Gasteiger partial charge >= 0.3 is 6.09 Å². The number of carbonyl (C=O) groups excluding carboxylic acids is 3. The van der Waals surface area contributed by atoms with Crippen molar-refractivity contribution in [3.63, 3.8) is 0 Å². The molecule has 1 heterocycles. The number of carbonyl (C=O) groups is 3. The van der Waals surface area contributed by atoms with Crippen molar-refractivity contribution in [3.8, 4) is 0 Å². The van der Waals surface area contributed by atoms with Crippen LogP contribution in [-0.2, 0) is 14.3 Å². The summed E-state index contributed by atoms with van der Waals surface area (Å²) in [7, 11) is 0. The number of hydrogen-bond acceptors (Lipinski definition) is 5. The summed E-state index contributed by atoms with van der Waals surface area (Å²) in [5, 5.41) is 13.7. The maximum Gasteiger partial charge on any atom is 0.408 e. The number of alkyl carbamates (subject to hydrolysis) is 1. The first kappa shape index (κ1) is 27.9. The van der Waals surface area contributed by atoms with Crippen LogP contribution in [0.2, 0.25) is 0 Å². The van der Waals surface area contributed by atoms with Crippen LogP contribution < -0.4 is 16.4 Å². The van der Waals surface area contributed by atoms with Gasteiger partial charge in [0.15, 0.2) is 0 Å². The van der Waals surface area contributed by atoms with Crippen molar-refractivity contribution in [1.29, 1.82) is 5.41 Å². The van der Waals surface area contributed by atoms with Gasteiger partial charge in [0.1, 0.15) is 17.7 Å². The lowest BCUT2D eigenvalue weighted by Gasteiger charge is -2.32. The van der Waals surface area contributed by atoms with E-state index in [0.717, 1.165) is 12.8 Å². The van der Waals surface area contributed by atoms with Gasteiger partial charge in [0, 0.05) is 19.0 Å². The summed E-state index contributed by atoms with van der Waals surface area (Å²) in [4.78, 5) is 40.8. The third-order valence-corrected chi connectivity index (χ3v) is 6.42. The van der Waals surface area contributed by atoms with Crippen LogP contribution in [0.4, 0.5) is 4.79 Å². The van der Waals surface area contributed by atoms with Gasteiger partial charge in [-0.2, -0.15) is 0 Å². The molecule has 1 saturated heterocycles. The third kappa shape index (κ3) is 8.80. The lowest BCUT2D eigenvalue weighted by molar-refractivity contribution is -0.140. The highest BCUT2D eigenvalue weighted by Gasteiger charge is 2.44. The SMILES string of the molecule is CC(C)(C)C[C@@H](NC(=O)OC(C)(C)C)C(=O)N1C[C@H](C(=N)N)C[C@H]1C(=O)NCC1CCCCC1. The van der Waals surface area contributed by atoms with Gasteiger partial charge in [0.25, 0.3) is 0 Å². The highest BCUT2D eigenvalue weighted by molar-refractivity contribution is 5.93. The van der Waals surface area contributed by atoms with Crippen molar-refractivity contribution < 1.29 is 19.1 Å². The van der Waals surface area contributed by atoms with Crippen molar-refractivity contribution in [1.82, 2.24) is 15.5 Å². The largest absolute Gasteiger partial charge is 0.444 e. The average molecular weight is 480 g/mol. The molecule has 5 N–H and O–H groups in total. The molecule has 0 spiro atoms. The van der Waals surface area contributed by atoms with Gasteiger partial charge in [0.05, 0.1) is 5.84 Å². The first-order valence-electron chi connectivity index (χ1n) is 12.6.